The molecule has 1 aliphatic carbocycles. The highest BCUT2D eigenvalue weighted by atomic mass is 19.1. The quantitative estimate of drug-likeness (QED) is 0.566. The third-order valence-electron chi connectivity index (χ3n) is 6.67. The number of nitrogens with zero attached hydrogens (tertiary/aromatic N) is 4. The summed E-state index contributed by atoms with van der Waals surface area (Å²) in [7, 11) is 1.87. The molecule has 0 spiro atoms. The van der Waals surface area contributed by atoms with E-state index < -0.39 is 11.6 Å². The van der Waals surface area contributed by atoms with Crippen LogP contribution in [0, 0.1) is 23.1 Å². The first kappa shape index (κ1) is 24.6. The van der Waals surface area contributed by atoms with Crippen LogP contribution in [-0.4, -0.2) is 46.8 Å². The zero-order chi connectivity index (χ0) is 25.1. The largest absolute Gasteiger partial charge is 0.336 e. The van der Waals surface area contributed by atoms with E-state index >= 15 is 4.39 Å². The van der Waals surface area contributed by atoms with Gasteiger partial charge in [-0.05, 0) is 75.4 Å². The number of rotatable bonds is 7. The van der Waals surface area contributed by atoms with Crippen LogP contribution in [0.5, 0.6) is 0 Å². The number of amides is 1. The molecular formula is C27H29F2N5O. The number of carbonyl (C=O) groups is 1. The van der Waals surface area contributed by atoms with Crippen molar-refractivity contribution in [2.45, 2.75) is 38.6 Å². The molecule has 1 amide bonds. The number of halogens is 2. The van der Waals surface area contributed by atoms with Crippen LogP contribution in [0.2, 0.25) is 0 Å². The summed E-state index contributed by atoms with van der Waals surface area (Å²) in [6.45, 7) is 6.53. The number of allylic oxidation sites excluding steroid dienone is 5. The summed E-state index contributed by atoms with van der Waals surface area (Å²) in [5, 5.41) is 16.8. The Morgan fingerprint density at radius 1 is 1.31 bits per heavy atom. The minimum absolute atomic E-state index is 0.0935. The second kappa shape index (κ2) is 10.4. The fraction of sp³-hybridized carbons (Fsp3) is 0.370. The maximum atomic E-state index is 15.3. The van der Waals surface area contributed by atoms with Crippen molar-refractivity contribution >= 4 is 11.6 Å². The number of benzene rings is 1. The Bertz CT molecular complexity index is 1250. The van der Waals surface area contributed by atoms with Gasteiger partial charge in [-0.15, -0.1) is 0 Å². The first-order valence-corrected chi connectivity index (χ1v) is 11.8. The van der Waals surface area contributed by atoms with Gasteiger partial charge in [-0.1, -0.05) is 18.7 Å². The summed E-state index contributed by atoms with van der Waals surface area (Å²) in [6, 6.07) is 7.70. The predicted molar refractivity (Wildman–Crippen MR) is 131 cm³/mol. The topological polar surface area (TPSA) is 74.0 Å². The Hall–Kier alpha value is -3.57. The summed E-state index contributed by atoms with van der Waals surface area (Å²) in [4.78, 5) is 15.0. The normalized spacial score (nSPS) is 19.2. The van der Waals surface area contributed by atoms with Crippen LogP contribution in [0.3, 0.4) is 0 Å². The van der Waals surface area contributed by atoms with E-state index in [4.69, 9.17) is 5.26 Å². The van der Waals surface area contributed by atoms with E-state index in [0.717, 1.165) is 31.3 Å². The lowest BCUT2D eigenvalue weighted by atomic mass is 10.1. The third kappa shape index (κ3) is 5.25. The van der Waals surface area contributed by atoms with Gasteiger partial charge in [-0.25, -0.2) is 13.5 Å². The van der Waals surface area contributed by atoms with Crippen molar-refractivity contribution in [3.05, 3.63) is 71.5 Å². The molecule has 1 saturated heterocycles. The standard InChI is InChI=1S/C27H29F2N5O/c1-4-18(19-7-8-19)12-23(28)17(2)34-26(20-9-10-21(15-30)24(29)13-20)14-25(32-34)27(35)33-11-5-6-22(16-33)31-3/h4,9-10,12-14,19,22,31H,1,5-8,11,16H2,2-3H3/b18-12+,23-17-. The molecule has 1 aromatic carbocycles. The van der Waals surface area contributed by atoms with Crippen LogP contribution < -0.4 is 5.32 Å². The van der Waals surface area contributed by atoms with E-state index in [1.807, 2.05) is 7.05 Å². The highest BCUT2D eigenvalue weighted by molar-refractivity contribution is 5.94. The molecule has 2 aromatic rings. The van der Waals surface area contributed by atoms with Crippen LogP contribution in [0.4, 0.5) is 8.78 Å². The van der Waals surface area contributed by atoms with Crippen molar-refractivity contribution in [2.24, 2.45) is 5.92 Å². The first-order chi connectivity index (χ1) is 16.9. The zero-order valence-corrected chi connectivity index (χ0v) is 20.0. The van der Waals surface area contributed by atoms with Crippen molar-refractivity contribution in [1.29, 1.82) is 5.26 Å². The van der Waals surface area contributed by atoms with Gasteiger partial charge >= 0.3 is 0 Å². The maximum absolute atomic E-state index is 15.3. The summed E-state index contributed by atoms with van der Waals surface area (Å²) < 4.78 is 31.1. The summed E-state index contributed by atoms with van der Waals surface area (Å²) in [5.41, 5.74) is 1.82. The van der Waals surface area contributed by atoms with Crippen molar-refractivity contribution < 1.29 is 13.6 Å². The Kier molecular flexibility index (Phi) is 7.27. The molecule has 1 aliphatic heterocycles. The molecule has 182 valence electrons. The number of likely N-dealkylation sites (tertiary alicyclic amines) is 1. The van der Waals surface area contributed by atoms with Gasteiger partial charge in [0.25, 0.3) is 5.91 Å². The van der Waals surface area contributed by atoms with Crippen molar-refractivity contribution in [3.63, 3.8) is 0 Å². The summed E-state index contributed by atoms with van der Waals surface area (Å²) in [6.07, 6.45) is 6.97. The monoisotopic (exact) mass is 477 g/mol. The molecule has 1 N–H and O–H groups in total. The molecule has 8 heteroatoms. The summed E-state index contributed by atoms with van der Waals surface area (Å²) >= 11 is 0. The fourth-order valence-electron chi connectivity index (χ4n) is 4.38. The molecule has 35 heavy (non-hydrogen) atoms. The van der Waals surface area contributed by atoms with Gasteiger partial charge < -0.3 is 10.2 Å². The molecule has 2 fully saturated rings. The molecule has 0 bridgehead atoms. The molecule has 1 unspecified atom stereocenters. The van der Waals surface area contributed by atoms with E-state index in [9.17, 15) is 9.18 Å². The molecule has 0 radical (unpaired) electrons. The van der Waals surface area contributed by atoms with E-state index in [2.05, 4.69) is 17.0 Å². The zero-order valence-electron chi connectivity index (χ0n) is 20.0. The van der Waals surface area contributed by atoms with E-state index in [1.165, 1.54) is 22.9 Å². The van der Waals surface area contributed by atoms with E-state index in [1.54, 1.807) is 36.1 Å². The lowest BCUT2D eigenvalue weighted by molar-refractivity contribution is 0.0691. The molecule has 2 aliphatic rings. The van der Waals surface area contributed by atoms with Gasteiger partial charge in [-0.3, -0.25) is 4.79 Å². The molecule has 6 nitrogen and oxygen atoms in total. The molecular weight excluding hydrogens is 448 g/mol. The number of nitrogens with one attached hydrogen (secondary N) is 1. The lowest BCUT2D eigenvalue weighted by Crippen LogP contribution is -2.47. The lowest BCUT2D eigenvalue weighted by Gasteiger charge is -2.32. The van der Waals surface area contributed by atoms with Gasteiger partial charge in [0.05, 0.1) is 17.0 Å². The van der Waals surface area contributed by atoms with Crippen LogP contribution in [0.15, 0.2) is 54.4 Å². The van der Waals surface area contributed by atoms with E-state index in [0.29, 0.717) is 30.3 Å². The van der Waals surface area contributed by atoms with Crippen molar-refractivity contribution in [3.8, 4) is 17.3 Å². The minimum atomic E-state index is -0.691. The van der Waals surface area contributed by atoms with Gasteiger partial charge in [0.1, 0.15) is 17.7 Å². The highest BCUT2D eigenvalue weighted by Crippen LogP contribution is 2.38. The Labute approximate surface area is 204 Å². The SMILES string of the molecule is C=C/C(=C\C(F)=C(/C)n1nc(C(=O)N2CCCC(NC)C2)cc1-c1ccc(C#N)c(F)c1)C1CC1. The fourth-order valence-corrected chi connectivity index (χ4v) is 4.38. The Balaban J connectivity index is 1.78. The average Bonchev–Trinajstić information content (AvgIpc) is 3.63. The van der Waals surface area contributed by atoms with Crippen LogP contribution in [0.1, 0.15) is 48.7 Å². The Morgan fingerprint density at radius 2 is 2.09 bits per heavy atom. The van der Waals surface area contributed by atoms with Gasteiger partial charge in [-0.2, -0.15) is 10.4 Å². The molecule has 1 saturated carbocycles. The number of likely N-dealkylation sites (N-methyl/N-ethyl adjacent to an activating group) is 1. The number of nitriles is 1. The number of aromatic nitrogens is 2. The minimum Gasteiger partial charge on any atom is -0.336 e. The molecule has 2 heterocycles. The van der Waals surface area contributed by atoms with Gasteiger partial charge in [0, 0.05) is 24.7 Å². The van der Waals surface area contributed by atoms with Crippen LogP contribution >= 0.6 is 0 Å². The molecule has 1 atom stereocenters. The maximum Gasteiger partial charge on any atom is 0.274 e. The smallest absolute Gasteiger partial charge is 0.274 e. The van der Waals surface area contributed by atoms with Crippen molar-refractivity contribution in [1.82, 2.24) is 20.0 Å². The first-order valence-electron chi connectivity index (χ1n) is 11.8. The number of hydrogen-bond donors (Lipinski definition) is 1. The number of carbonyl (C=O) groups excluding carboxylic acids is 1. The summed E-state index contributed by atoms with van der Waals surface area (Å²) in [5.74, 6) is -1.14. The second-order valence-corrected chi connectivity index (χ2v) is 9.07. The van der Waals surface area contributed by atoms with Gasteiger partial charge in [0.15, 0.2) is 5.69 Å². The number of piperidine rings is 1. The van der Waals surface area contributed by atoms with Crippen LogP contribution in [0.25, 0.3) is 17.0 Å². The van der Waals surface area contributed by atoms with Gasteiger partial charge in [0.2, 0.25) is 0 Å². The molecule has 4 rings (SSSR count). The van der Waals surface area contributed by atoms with Crippen molar-refractivity contribution in [2.75, 3.05) is 20.1 Å². The third-order valence-corrected chi connectivity index (χ3v) is 6.67. The average molecular weight is 478 g/mol. The highest BCUT2D eigenvalue weighted by Gasteiger charge is 2.28. The Morgan fingerprint density at radius 3 is 2.71 bits per heavy atom. The second-order valence-electron chi connectivity index (χ2n) is 9.07. The van der Waals surface area contributed by atoms with E-state index in [-0.39, 0.29) is 28.9 Å². The predicted octanol–water partition coefficient (Wildman–Crippen LogP) is 5.07. The number of hydrogen-bond acceptors (Lipinski definition) is 4. The van der Waals surface area contributed by atoms with Crippen LogP contribution in [-0.2, 0) is 0 Å². The molecule has 1 aromatic heterocycles.